The molecule has 1 aliphatic rings. The maximum atomic E-state index is 2.67. The highest BCUT2D eigenvalue weighted by molar-refractivity contribution is 8.07. The lowest BCUT2D eigenvalue weighted by Crippen LogP contribution is -3.04. The summed E-state index contributed by atoms with van der Waals surface area (Å²) in [6.07, 6.45) is 0. The van der Waals surface area contributed by atoms with E-state index in [-0.39, 0.29) is 0 Å². The van der Waals surface area contributed by atoms with Gasteiger partial charge >= 0.3 is 0 Å². The van der Waals surface area contributed by atoms with E-state index in [1.807, 2.05) is 0 Å². The summed E-state index contributed by atoms with van der Waals surface area (Å²) >= 11 is 0. The third-order valence-corrected chi connectivity index (χ3v) is 90.0. The van der Waals surface area contributed by atoms with Gasteiger partial charge in [-0.25, -0.2) is 0 Å². The van der Waals surface area contributed by atoms with Crippen molar-refractivity contribution in [3.05, 3.63) is 0 Å². The molecule has 0 N–H and O–H groups in total. The molecule has 1 rings (SSSR count). The van der Waals surface area contributed by atoms with Crippen LogP contribution in [0.25, 0.3) is 0 Å². The molecule has 2 radical (unpaired) electrons. The first-order chi connectivity index (χ1) is 11.7. The normalized spacial score (nSPS) is 22.9. The van der Waals surface area contributed by atoms with Crippen LogP contribution in [0.2, 0.25) is 30.2 Å². The zero-order valence-corrected chi connectivity index (χ0v) is 27.0. The average molecular weight is 455 g/mol. The van der Waals surface area contributed by atoms with E-state index >= 15 is 0 Å². The van der Waals surface area contributed by atoms with Gasteiger partial charge in [0, 0.05) is 29.9 Å². The van der Waals surface area contributed by atoms with Crippen LogP contribution in [-0.4, -0.2) is 29.9 Å². The molecule has 0 spiro atoms. The molecule has 4 heteroatoms. The maximum Gasteiger partial charge on any atom is 0.0444 e. The minimum atomic E-state index is -1.57. The molecule has 1 heterocycles. The Bertz CT molecular complexity index is 483. The number of hydrogen-bond acceptors (Lipinski definition) is 0. The molecule has 0 unspecified atom stereocenters. The van der Waals surface area contributed by atoms with Gasteiger partial charge in [-0.15, -0.1) is 0 Å². The van der Waals surface area contributed by atoms with Crippen LogP contribution in [0.5, 0.6) is 0 Å². The molecule has 0 aromatic rings. The van der Waals surface area contributed by atoms with Gasteiger partial charge in [-0.05, 0) is 30.2 Å². The maximum absolute atomic E-state index is 2.67. The van der Waals surface area contributed by atoms with Gasteiger partial charge in [0.1, 0.15) is 0 Å². The fraction of sp³-hybridized carbons (Fsp3) is 1.00. The summed E-state index contributed by atoms with van der Waals surface area (Å²) in [5.41, 5.74) is 0. The smallest absolute Gasteiger partial charge is 0.0444 e. The van der Waals surface area contributed by atoms with Crippen LogP contribution in [0.3, 0.4) is 0 Å². The van der Waals surface area contributed by atoms with Crippen LogP contribution < -0.4 is 0 Å². The van der Waals surface area contributed by atoms with Crippen molar-refractivity contribution in [2.24, 2.45) is 0 Å². The molecular formula is C24H54Si4. The van der Waals surface area contributed by atoms with Crippen molar-refractivity contribution in [3.63, 3.8) is 0 Å². The first-order valence-electron chi connectivity index (χ1n) is 11.5. The second kappa shape index (κ2) is 6.68. The van der Waals surface area contributed by atoms with Crippen molar-refractivity contribution in [1.82, 2.24) is 0 Å². The molecule has 1 fully saturated rings. The van der Waals surface area contributed by atoms with Crippen molar-refractivity contribution in [3.8, 4) is 0 Å². The van der Waals surface area contributed by atoms with Crippen molar-refractivity contribution >= 4 is 29.9 Å². The summed E-state index contributed by atoms with van der Waals surface area (Å²) in [7, 11) is -4.12. The van der Waals surface area contributed by atoms with E-state index in [4.69, 9.17) is 0 Å². The standard InChI is InChI=1S/C24H54Si4/c1-19(2,3)25-27(21(7,8)9,22(10,11)12)26(20(4,5)6)28(25,23(13,14)15)24(16,17)18/h1-18H3. The quantitative estimate of drug-likeness (QED) is 0.320. The minimum Gasteiger partial charge on any atom is -0.0633 e. The Morgan fingerprint density at radius 3 is 0.536 bits per heavy atom. The van der Waals surface area contributed by atoms with Crippen LogP contribution in [0.15, 0.2) is 0 Å². The van der Waals surface area contributed by atoms with E-state index in [9.17, 15) is 0 Å². The Hall–Kier alpha value is 0.868. The Balaban J connectivity index is 4.32. The summed E-state index contributed by atoms with van der Waals surface area (Å²) in [4.78, 5) is 0. The Morgan fingerprint density at radius 2 is 0.464 bits per heavy atom. The summed E-state index contributed by atoms with van der Waals surface area (Å²) in [6.45, 7) is 47.9. The zero-order chi connectivity index (χ0) is 23.2. The average Bonchev–Trinajstić information content (AvgIpc) is 2.13. The van der Waals surface area contributed by atoms with Crippen LogP contribution in [0, 0.1) is 0 Å². The predicted octanol–water partition coefficient (Wildman–Crippen LogP) is 9.00. The van der Waals surface area contributed by atoms with Gasteiger partial charge in [0.15, 0.2) is 0 Å². The van der Waals surface area contributed by atoms with Crippen LogP contribution in [-0.2, 0) is 0 Å². The Kier molecular flexibility index (Phi) is 6.42. The highest BCUT2D eigenvalue weighted by Crippen LogP contribution is 2.76. The molecule has 0 saturated carbocycles. The van der Waals surface area contributed by atoms with E-state index in [0.29, 0.717) is 30.2 Å². The van der Waals surface area contributed by atoms with Crippen molar-refractivity contribution in [1.29, 1.82) is 0 Å². The number of rotatable bonds is 0. The summed E-state index contributed by atoms with van der Waals surface area (Å²) in [5, 5.41) is 2.93. The minimum absolute atomic E-state index is 0.488. The van der Waals surface area contributed by atoms with E-state index in [1.54, 1.807) is 0 Å². The second-order valence-electron chi connectivity index (χ2n) is 15.8. The molecular weight excluding hydrogens is 401 g/mol. The molecule has 1 aliphatic heterocycles. The fourth-order valence-corrected chi connectivity index (χ4v) is 138. The highest BCUT2D eigenvalue weighted by Gasteiger charge is 2.87. The van der Waals surface area contributed by atoms with Gasteiger partial charge in [-0.2, -0.15) is 0 Å². The van der Waals surface area contributed by atoms with Crippen molar-refractivity contribution in [2.45, 2.75) is 155 Å². The number of hydrogen-bond donors (Lipinski definition) is 0. The van der Waals surface area contributed by atoms with Gasteiger partial charge in [-0.3, -0.25) is 0 Å². The second-order valence-corrected chi connectivity index (χ2v) is 50.2. The monoisotopic (exact) mass is 454 g/mol. The van der Waals surface area contributed by atoms with Gasteiger partial charge in [0.2, 0.25) is 0 Å². The van der Waals surface area contributed by atoms with Crippen LogP contribution >= 0.6 is 0 Å². The molecule has 0 aromatic carbocycles. The molecule has 0 bridgehead atoms. The molecule has 0 atom stereocenters. The Labute approximate surface area is 184 Å². The van der Waals surface area contributed by atoms with Gasteiger partial charge < -0.3 is 0 Å². The van der Waals surface area contributed by atoms with Gasteiger partial charge in [0.25, 0.3) is 0 Å². The lowest BCUT2D eigenvalue weighted by molar-refractivity contribution is 0.604. The highest BCUT2D eigenvalue weighted by atomic mass is 30.2. The summed E-state index contributed by atoms with van der Waals surface area (Å²) in [5.74, 6) is 0. The third-order valence-electron chi connectivity index (χ3n) is 7.50. The molecule has 1 saturated heterocycles. The van der Waals surface area contributed by atoms with Crippen LogP contribution in [0.4, 0.5) is 0 Å². The SMILES string of the molecule is CC(C)(C)[Si]1[Si](C(C)(C)C)(C(C)(C)C)[Si](C(C)(C)C)[Si]1(C(C)(C)C)C(C)(C)C. The summed E-state index contributed by atoms with van der Waals surface area (Å²) < 4.78 is 0. The first-order valence-corrected chi connectivity index (χ1v) is 22.5. The van der Waals surface area contributed by atoms with Gasteiger partial charge in [-0.1, -0.05) is 125 Å². The predicted molar refractivity (Wildman–Crippen MR) is 141 cm³/mol. The topological polar surface area (TPSA) is 0 Å². The zero-order valence-electron chi connectivity index (χ0n) is 23.0. The van der Waals surface area contributed by atoms with E-state index in [0.717, 1.165) is 0 Å². The lowest BCUT2D eigenvalue weighted by atomic mass is 10.2. The van der Waals surface area contributed by atoms with Crippen LogP contribution in [0.1, 0.15) is 125 Å². The fourth-order valence-electron chi connectivity index (χ4n) is 8.25. The van der Waals surface area contributed by atoms with Crippen molar-refractivity contribution in [2.75, 3.05) is 0 Å². The van der Waals surface area contributed by atoms with E-state index < -0.39 is 29.9 Å². The molecule has 166 valence electrons. The van der Waals surface area contributed by atoms with E-state index in [2.05, 4.69) is 125 Å². The third kappa shape index (κ3) is 3.39. The molecule has 0 aromatic heterocycles. The lowest BCUT2D eigenvalue weighted by Gasteiger charge is -2.85. The van der Waals surface area contributed by atoms with Crippen molar-refractivity contribution < 1.29 is 0 Å². The molecule has 0 aliphatic carbocycles. The molecule has 28 heavy (non-hydrogen) atoms. The molecule has 0 nitrogen and oxygen atoms in total. The van der Waals surface area contributed by atoms with E-state index in [1.165, 1.54) is 0 Å². The first kappa shape index (κ1) is 26.9. The van der Waals surface area contributed by atoms with Gasteiger partial charge in [0.05, 0.1) is 0 Å². The molecule has 0 amide bonds. The Morgan fingerprint density at radius 1 is 0.321 bits per heavy atom. The largest absolute Gasteiger partial charge is 0.0633 e. The summed E-state index contributed by atoms with van der Waals surface area (Å²) in [6, 6.07) is 0.